The summed E-state index contributed by atoms with van der Waals surface area (Å²) in [5.41, 5.74) is 0.529. The van der Waals surface area contributed by atoms with Crippen molar-refractivity contribution < 1.29 is 9.90 Å². The first kappa shape index (κ1) is 9.56. The van der Waals surface area contributed by atoms with Crippen LogP contribution in [-0.4, -0.2) is 5.97 Å². The molecule has 1 aromatic rings. The molecule has 13 heavy (non-hydrogen) atoms. The third-order valence-electron chi connectivity index (χ3n) is 1.71. The van der Waals surface area contributed by atoms with Crippen LogP contribution in [0.3, 0.4) is 0 Å². The Morgan fingerprint density at radius 1 is 1.62 bits per heavy atom. The van der Waals surface area contributed by atoms with Crippen LogP contribution in [0, 0.1) is 13.5 Å². The van der Waals surface area contributed by atoms with Crippen molar-refractivity contribution in [1.29, 1.82) is 0 Å². The van der Waals surface area contributed by atoms with E-state index < -0.39 is 5.97 Å². The van der Waals surface area contributed by atoms with Gasteiger partial charge in [0.1, 0.15) is 0 Å². The van der Waals surface area contributed by atoms with Gasteiger partial charge in [-0.25, -0.2) is 4.85 Å². The minimum absolute atomic E-state index is 0.00963. The van der Waals surface area contributed by atoms with Crippen LogP contribution in [-0.2, 0) is 0 Å². The van der Waals surface area contributed by atoms with Crippen molar-refractivity contribution in [2.75, 3.05) is 0 Å². The normalized spacial score (nSPS) is 9.31. The lowest BCUT2D eigenvalue weighted by molar-refractivity contribution is -0.255. The number of carboxylic acids is 1. The van der Waals surface area contributed by atoms with Gasteiger partial charge in [-0.3, -0.25) is 0 Å². The van der Waals surface area contributed by atoms with Gasteiger partial charge in [-0.2, -0.15) is 0 Å². The summed E-state index contributed by atoms with van der Waals surface area (Å²) < 4.78 is 0. The lowest BCUT2D eigenvalue weighted by atomic mass is 10.1. The van der Waals surface area contributed by atoms with Gasteiger partial charge >= 0.3 is 0 Å². The fourth-order valence-corrected chi connectivity index (χ4v) is 1.27. The second-order valence-electron chi connectivity index (χ2n) is 2.47. The van der Waals surface area contributed by atoms with Crippen molar-refractivity contribution in [2.24, 2.45) is 0 Å². The second-order valence-corrected chi connectivity index (χ2v) is 2.88. The molecule has 0 unspecified atom stereocenters. The Hall–Kier alpha value is -1.53. The Bertz CT molecular complexity index is 407. The predicted octanol–water partition coefficient (Wildman–Crippen LogP) is 1.56. The van der Waals surface area contributed by atoms with Gasteiger partial charge in [0.05, 0.1) is 12.5 Å². The molecule has 0 radical (unpaired) electrons. The van der Waals surface area contributed by atoms with Gasteiger partial charge in [0, 0.05) is 5.02 Å². The van der Waals surface area contributed by atoms with E-state index in [-0.39, 0.29) is 16.3 Å². The number of aromatic carboxylic acids is 1. The maximum Gasteiger partial charge on any atom is 0.208 e. The van der Waals surface area contributed by atoms with Gasteiger partial charge in [-0.05, 0) is 18.1 Å². The lowest BCUT2D eigenvalue weighted by Gasteiger charge is -2.08. The van der Waals surface area contributed by atoms with Crippen molar-refractivity contribution in [3.05, 3.63) is 39.7 Å². The largest absolute Gasteiger partial charge is 0.545 e. The second kappa shape index (κ2) is 3.46. The van der Waals surface area contributed by atoms with Crippen molar-refractivity contribution in [1.82, 2.24) is 0 Å². The van der Waals surface area contributed by atoms with Crippen LogP contribution in [0.15, 0.2) is 12.1 Å². The van der Waals surface area contributed by atoms with Gasteiger partial charge < -0.3 is 9.90 Å². The van der Waals surface area contributed by atoms with Crippen LogP contribution >= 0.6 is 11.6 Å². The van der Waals surface area contributed by atoms with E-state index >= 15 is 0 Å². The van der Waals surface area contributed by atoms with Gasteiger partial charge in [-0.15, -0.1) is 0 Å². The molecule has 0 aromatic heterocycles. The Labute approximate surface area is 80.4 Å². The number of carbonyl (C=O) groups excluding carboxylic acids is 1. The first-order chi connectivity index (χ1) is 6.07. The SMILES string of the molecule is [C-]#[N+]c1c(Cl)ccc(C(=O)[O-])c1C. The van der Waals surface area contributed by atoms with E-state index in [2.05, 4.69) is 4.85 Å². The van der Waals surface area contributed by atoms with Crippen molar-refractivity contribution in [3.63, 3.8) is 0 Å². The highest BCUT2D eigenvalue weighted by Gasteiger charge is 2.08. The first-order valence-electron chi connectivity index (χ1n) is 3.46. The lowest BCUT2D eigenvalue weighted by Crippen LogP contribution is -2.23. The molecule has 0 heterocycles. The zero-order chi connectivity index (χ0) is 10.0. The molecule has 0 N–H and O–H groups in total. The Morgan fingerprint density at radius 3 is 2.69 bits per heavy atom. The number of carbonyl (C=O) groups is 1. The van der Waals surface area contributed by atoms with Crippen LogP contribution in [0.1, 0.15) is 15.9 Å². The molecular weight excluding hydrogens is 190 g/mol. The average molecular weight is 195 g/mol. The van der Waals surface area contributed by atoms with Crippen LogP contribution < -0.4 is 5.11 Å². The van der Waals surface area contributed by atoms with Gasteiger partial charge in [-0.1, -0.05) is 23.7 Å². The van der Waals surface area contributed by atoms with Gasteiger partial charge in [0.25, 0.3) is 0 Å². The minimum Gasteiger partial charge on any atom is -0.545 e. The average Bonchev–Trinajstić information content (AvgIpc) is 2.04. The number of rotatable bonds is 1. The quantitative estimate of drug-likeness (QED) is 0.637. The molecule has 0 atom stereocenters. The molecule has 1 rings (SSSR count). The Kier molecular flexibility index (Phi) is 2.54. The van der Waals surface area contributed by atoms with Gasteiger partial charge in [0.2, 0.25) is 5.69 Å². The van der Waals surface area contributed by atoms with E-state index in [1.807, 2.05) is 0 Å². The highest BCUT2D eigenvalue weighted by Crippen LogP contribution is 2.30. The van der Waals surface area contributed by atoms with E-state index in [0.717, 1.165) is 0 Å². The summed E-state index contributed by atoms with van der Waals surface area (Å²) >= 11 is 5.68. The van der Waals surface area contributed by atoms with E-state index in [1.165, 1.54) is 19.1 Å². The van der Waals surface area contributed by atoms with Crippen LogP contribution in [0.2, 0.25) is 5.02 Å². The summed E-state index contributed by atoms with van der Waals surface area (Å²) in [6, 6.07) is 2.72. The smallest absolute Gasteiger partial charge is 0.208 e. The van der Waals surface area contributed by atoms with Crippen LogP contribution in [0.25, 0.3) is 4.85 Å². The molecule has 0 fully saturated rings. The monoisotopic (exact) mass is 194 g/mol. The first-order valence-corrected chi connectivity index (χ1v) is 3.83. The molecule has 0 aliphatic heterocycles. The third kappa shape index (κ3) is 1.63. The highest BCUT2D eigenvalue weighted by molar-refractivity contribution is 6.33. The minimum atomic E-state index is -1.29. The van der Waals surface area contributed by atoms with E-state index in [0.29, 0.717) is 5.56 Å². The van der Waals surface area contributed by atoms with E-state index in [1.54, 1.807) is 0 Å². The molecular formula is C9H5ClNO2-. The standard InChI is InChI=1S/C9H6ClNO2/c1-5-6(9(12)13)3-4-7(10)8(5)11-2/h3-4H,1H3,(H,12,13)/p-1. The summed E-state index contributed by atoms with van der Waals surface area (Å²) in [6.07, 6.45) is 0. The molecule has 0 aliphatic rings. The molecule has 4 heteroatoms. The van der Waals surface area contributed by atoms with Crippen molar-refractivity contribution in [3.8, 4) is 0 Å². The summed E-state index contributed by atoms with van der Waals surface area (Å²) in [5, 5.41) is 10.8. The Balaban J connectivity index is 3.47. The summed E-state index contributed by atoms with van der Waals surface area (Å²) in [6.45, 7) is 8.32. The van der Waals surface area contributed by atoms with Crippen molar-refractivity contribution >= 4 is 23.3 Å². The molecule has 0 saturated heterocycles. The number of hydrogen-bond acceptors (Lipinski definition) is 2. The topological polar surface area (TPSA) is 44.5 Å². The maximum absolute atomic E-state index is 10.5. The number of benzene rings is 1. The van der Waals surface area contributed by atoms with E-state index in [9.17, 15) is 9.90 Å². The molecule has 0 spiro atoms. The highest BCUT2D eigenvalue weighted by atomic mass is 35.5. The third-order valence-corrected chi connectivity index (χ3v) is 2.02. The molecule has 0 aliphatic carbocycles. The number of halogens is 1. The van der Waals surface area contributed by atoms with Crippen LogP contribution in [0.4, 0.5) is 5.69 Å². The predicted molar refractivity (Wildman–Crippen MR) is 46.8 cm³/mol. The van der Waals surface area contributed by atoms with Crippen molar-refractivity contribution in [2.45, 2.75) is 6.92 Å². The molecule has 3 nitrogen and oxygen atoms in total. The Morgan fingerprint density at radius 2 is 2.23 bits per heavy atom. The summed E-state index contributed by atoms with van der Waals surface area (Å²) in [4.78, 5) is 13.7. The van der Waals surface area contributed by atoms with E-state index in [4.69, 9.17) is 18.2 Å². The number of hydrogen-bond donors (Lipinski definition) is 0. The summed E-state index contributed by atoms with van der Waals surface area (Å²) in [7, 11) is 0. The molecule has 1 aromatic carbocycles. The van der Waals surface area contributed by atoms with Gasteiger partial charge in [0.15, 0.2) is 0 Å². The molecule has 0 bridgehead atoms. The molecule has 66 valence electrons. The zero-order valence-corrected chi connectivity index (χ0v) is 7.55. The number of nitrogens with zero attached hydrogens (tertiary/aromatic N) is 1. The maximum atomic E-state index is 10.5. The fourth-order valence-electron chi connectivity index (χ4n) is 1.03. The number of carboxylic acid groups (broad SMARTS) is 1. The molecule has 0 saturated carbocycles. The van der Waals surface area contributed by atoms with Crippen LogP contribution in [0.5, 0.6) is 0 Å². The zero-order valence-electron chi connectivity index (χ0n) is 6.80. The molecule has 0 amide bonds. The summed E-state index contributed by atoms with van der Waals surface area (Å²) in [5.74, 6) is -1.29. The fraction of sp³-hybridized carbons (Fsp3) is 0.111.